The van der Waals surface area contributed by atoms with Crippen LogP contribution in [0.4, 0.5) is 5.82 Å². The number of aromatic nitrogens is 2. The van der Waals surface area contributed by atoms with E-state index >= 15 is 0 Å². The van der Waals surface area contributed by atoms with Crippen LogP contribution in [0.1, 0.15) is 34.8 Å². The number of nitrogens with one attached hydrogen (secondary N) is 1. The molecule has 8 nitrogen and oxygen atoms in total. The molecule has 0 aliphatic carbocycles. The van der Waals surface area contributed by atoms with E-state index in [1.54, 1.807) is 28.5 Å². The maximum Gasteiger partial charge on any atom is 0.240 e. The molecule has 1 fully saturated rings. The smallest absolute Gasteiger partial charge is 0.240 e. The third-order valence-corrected chi connectivity index (χ3v) is 9.01. The van der Waals surface area contributed by atoms with Crippen molar-refractivity contribution in [2.24, 2.45) is 0 Å². The Morgan fingerprint density at radius 2 is 1.83 bits per heavy atom. The molecule has 2 atom stereocenters. The number of carbonyl (C=O) groups excluding carboxylic acids is 2. The normalized spacial score (nSPS) is 18.4. The van der Waals surface area contributed by atoms with Gasteiger partial charge in [0, 0.05) is 24.3 Å². The fourth-order valence-corrected chi connectivity index (χ4v) is 6.88. The van der Waals surface area contributed by atoms with Gasteiger partial charge in [0.15, 0.2) is 0 Å². The molecule has 3 aromatic carbocycles. The van der Waals surface area contributed by atoms with Crippen molar-refractivity contribution in [2.45, 2.75) is 31.1 Å². The van der Waals surface area contributed by atoms with Crippen LogP contribution in [0, 0.1) is 6.92 Å². The number of ether oxygens (including phenoxy) is 2. The molecule has 216 valence electrons. The first-order chi connectivity index (χ1) is 20.5. The van der Waals surface area contributed by atoms with E-state index in [4.69, 9.17) is 14.6 Å². The summed E-state index contributed by atoms with van der Waals surface area (Å²) in [5, 5.41) is 7.98. The number of rotatable bonds is 8. The number of anilines is 1. The molecule has 0 spiro atoms. The molecule has 1 aromatic heterocycles. The zero-order valence-corrected chi connectivity index (χ0v) is 24.6. The highest BCUT2D eigenvalue weighted by atomic mass is 32.2. The summed E-state index contributed by atoms with van der Waals surface area (Å²) in [5.74, 6) is 1.18. The second-order valence-electron chi connectivity index (χ2n) is 10.5. The maximum atomic E-state index is 13.9. The first kappa shape index (κ1) is 28.1. The molecule has 3 heterocycles. The highest BCUT2D eigenvalue weighted by Crippen LogP contribution is 2.49. The molecule has 0 unspecified atom stereocenters. The van der Waals surface area contributed by atoms with Gasteiger partial charge >= 0.3 is 0 Å². The Hall–Kier alpha value is -4.08. The Morgan fingerprint density at radius 1 is 1.07 bits per heavy atom. The average Bonchev–Trinajstić information content (AvgIpc) is 3.66. The van der Waals surface area contributed by atoms with Crippen molar-refractivity contribution < 1.29 is 19.1 Å². The molecule has 9 heteroatoms. The van der Waals surface area contributed by atoms with Gasteiger partial charge < -0.3 is 14.8 Å². The molecule has 6 rings (SSSR count). The van der Waals surface area contributed by atoms with Crippen molar-refractivity contribution in [3.05, 3.63) is 95.6 Å². The molecule has 2 aliphatic rings. The lowest BCUT2D eigenvalue weighted by Crippen LogP contribution is -2.44. The van der Waals surface area contributed by atoms with Gasteiger partial charge in [0.1, 0.15) is 18.1 Å². The predicted octanol–water partition coefficient (Wildman–Crippen LogP) is 5.32. The van der Waals surface area contributed by atoms with Crippen LogP contribution >= 0.6 is 11.8 Å². The molecule has 0 saturated carbocycles. The maximum absolute atomic E-state index is 13.9. The van der Waals surface area contributed by atoms with Gasteiger partial charge in [0.2, 0.25) is 11.8 Å². The van der Waals surface area contributed by atoms with Crippen LogP contribution in [-0.4, -0.2) is 60.3 Å². The van der Waals surface area contributed by atoms with E-state index < -0.39 is 0 Å². The van der Waals surface area contributed by atoms with E-state index in [1.807, 2.05) is 66.7 Å². The number of hydrogen-bond acceptors (Lipinski definition) is 6. The van der Waals surface area contributed by atoms with E-state index in [0.717, 1.165) is 58.8 Å². The van der Waals surface area contributed by atoms with E-state index in [1.165, 1.54) is 0 Å². The molecular formula is C33H34N4O4S. The second-order valence-corrected chi connectivity index (χ2v) is 11.6. The van der Waals surface area contributed by atoms with Crippen LogP contribution in [0.25, 0.3) is 16.9 Å². The number of fused-ring (bicyclic) bond motifs is 1. The number of hydrogen-bond donors (Lipinski definition) is 1. The number of aryl methyl sites for hydroxylation is 1. The van der Waals surface area contributed by atoms with Crippen LogP contribution < -0.4 is 15.0 Å². The van der Waals surface area contributed by atoms with Crippen LogP contribution in [0.3, 0.4) is 0 Å². The monoisotopic (exact) mass is 582 g/mol. The SMILES string of the molecule is COc1ccc(-n2nc(-c3ccccc3)c3c2N(CC(=O)NC[C@H]2CCCO2)C(=O)CS[C@@H]3c2ccccc2C)cc1. The fourth-order valence-electron chi connectivity index (χ4n) is 5.59. The zero-order chi connectivity index (χ0) is 29.1. The predicted molar refractivity (Wildman–Crippen MR) is 165 cm³/mol. The Kier molecular flexibility index (Phi) is 8.30. The minimum atomic E-state index is -0.229. The summed E-state index contributed by atoms with van der Waals surface area (Å²) < 4.78 is 12.9. The average molecular weight is 583 g/mol. The van der Waals surface area contributed by atoms with Crippen LogP contribution in [-0.2, 0) is 14.3 Å². The third-order valence-electron chi connectivity index (χ3n) is 7.78. The summed E-state index contributed by atoms with van der Waals surface area (Å²) in [5.41, 5.74) is 5.65. The van der Waals surface area contributed by atoms with Crippen molar-refractivity contribution in [2.75, 3.05) is 37.5 Å². The Bertz CT molecular complexity index is 1560. The van der Waals surface area contributed by atoms with E-state index in [-0.39, 0.29) is 35.5 Å². The van der Waals surface area contributed by atoms with Crippen LogP contribution in [0.5, 0.6) is 5.75 Å². The lowest BCUT2D eigenvalue weighted by molar-refractivity contribution is -0.123. The van der Waals surface area contributed by atoms with Gasteiger partial charge in [-0.15, -0.1) is 11.8 Å². The first-order valence-electron chi connectivity index (χ1n) is 14.2. The number of thioether (sulfide) groups is 1. The van der Waals surface area contributed by atoms with E-state index in [0.29, 0.717) is 12.4 Å². The van der Waals surface area contributed by atoms with Crippen LogP contribution in [0.2, 0.25) is 0 Å². The quantitative estimate of drug-likeness (QED) is 0.303. The Morgan fingerprint density at radius 3 is 2.55 bits per heavy atom. The van der Waals surface area contributed by atoms with Crippen molar-refractivity contribution in [3.63, 3.8) is 0 Å². The summed E-state index contributed by atoms with van der Waals surface area (Å²) in [7, 11) is 1.63. The Balaban J connectivity index is 1.52. The van der Waals surface area contributed by atoms with Crippen molar-refractivity contribution in [1.82, 2.24) is 15.1 Å². The van der Waals surface area contributed by atoms with Gasteiger partial charge in [-0.3, -0.25) is 14.5 Å². The standard InChI is InChI=1S/C33H34N4O4S/c1-22-9-6-7-13-27(22)32-30-31(23-10-4-3-5-11-23)35-37(24-14-16-25(40-2)17-15-24)33(30)36(29(39)21-42-32)20-28(38)34-19-26-12-8-18-41-26/h3-7,9-11,13-17,26,32H,8,12,18-21H2,1-2H3,(H,34,38)/t26-,32-/m1/s1. The van der Waals surface area contributed by atoms with Gasteiger partial charge in [-0.05, 0) is 55.2 Å². The number of nitrogens with zero attached hydrogens (tertiary/aromatic N) is 3. The fraction of sp³-hybridized carbons (Fsp3) is 0.303. The lowest BCUT2D eigenvalue weighted by atomic mass is 9.97. The molecular weight excluding hydrogens is 548 g/mol. The summed E-state index contributed by atoms with van der Waals surface area (Å²) in [4.78, 5) is 28.8. The molecule has 0 radical (unpaired) electrons. The number of carbonyl (C=O) groups is 2. The number of amides is 2. The van der Waals surface area contributed by atoms with Crippen molar-refractivity contribution in [3.8, 4) is 22.7 Å². The number of methoxy groups -OCH3 is 1. The highest BCUT2D eigenvalue weighted by molar-refractivity contribution is 8.00. The topological polar surface area (TPSA) is 85.7 Å². The summed E-state index contributed by atoms with van der Waals surface area (Å²) >= 11 is 1.57. The van der Waals surface area contributed by atoms with Gasteiger partial charge in [-0.25, -0.2) is 4.68 Å². The van der Waals surface area contributed by atoms with Crippen molar-refractivity contribution >= 4 is 29.4 Å². The van der Waals surface area contributed by atoms with E-state index in [2.05, 4.69) is 24.4 Å². The van der Waals surface area contributed by atoms with Crippen LogP contribution in [0.15, 0.2) is 78.9 Å². The molecule has 2 aliphatic heterocycles. The summed E-state index contributed by atoms with van der Waals surface area (Å²) in [6.45, 7) is 3.13. The minimum Gasteiger partial charge on any atom is -0.497 e. The highest BCUT2D eigenvalue weighted by Gasteiger charge is 2.38. The molecule has 1 saturated heterocycles. The molecule has 2 amide bonds. The largest absolute Gasteiger partial charge is 0.497 e. The third kappa shape index (κ3) is 5.67. The van der Waals surface area contributed by atoms with Gasteiger partial charge in [-0.2, -0.15) is 5.10 Å². The molecule has 4 aromatic rings. The summed E-state index contributed by atoms with van der Waals surface area (Å²) in [6, 6.07) is 25.9. The lowest BCUT2D eigenvalue weighted by Gasteiger charge is -2.24. The summed E-state index contributed by atoms with van der Waals surface area (Å²) in [6.07, 6.45) is 1.93. The Labute approximate surface area is 250 Å². The number of benzene rings is 3. The molecule has 0 bridgehead atoms. The minimum absolute atomic E-state index is 0.0137. The van der Waals surface area contributed by atoms with Crippen molar-refractivity contribution in [1.29, 1.82) is 0 Å². The van der Waals surface area contributed by atoms with Gasteiger partial charge in [-0.1, -0.05) is 54.6 Å². The first-order valence-corrected chi connectivity index (χ1v) is 15.3. The van der Waals surface area contributed by atoms with Gasteiger partial charge in [0.05, 0.1) is 35.6 Å². The second kappa shape index (κ2) is 12.4. The zero-order valence-electron chi connectivity index (χ0n) is 23.8. The van der Waals surface area contributed by atoms with E-state index in [9.17, 15) is 9.59 Å². The van der Waals surface area contributed by atoms with Gasteiger partial charge in [0.25, 0.3) is 0 Å². The molecule has 1 N–H and O–H groups in total. The molecule has 42 heavy (non-hydrogen) atoms.